The van der Waals surface area contributed by atoms with Crippen molar-refractivity contribution in [3.8, 4) is 5.75 Å². The van der Waals surface area contributed by atoms with Gasteiger partial charge in [0.2, 0.25) is 0 Å². The molecule has 3 rings (SSSR count). The van der Waals surface area contributed by atoms with Crippen LogP contribution in [0.25, 0.3) is 0 Å². The van der Waals surface area contributed by atoms with Gasteiger partial charge in [-0.3, -0.25) is 4.99 Å². The van der Waals surface area contributed by atoms with Crippen molar-refractivity contribution in [3.05, 3.63) is 24.3 Å². The first-order chi connectivity index (χ1) is 11.1. The number of piperazine rings is 1. The van der Waals surface area contributed by atoms with Crippen molar-refractivity contribution in [1.82, 2.24) is 10.2 Å². The summed E-state index contributed by atoms with van der Waals surface area (Å²) in [4.78, 5) is 8.91. The first-order valence-electron chi connectivity index (χ1n) is 8.18. The number of benzene rings is 1. The molecule has 2 heterocycles. The highest BCUT2D eigenvalue weighted by Gasteiger charge is 2.34. The molecule has 24 heavy (non-hydrogen) atoms. The molecular weight excluding hydrogens is 419 g/mol. The van der Waals surface area contributed by atoms with E-state index in [1.807, 2.05) is 25.2 Å². The Labute approximate surface area is 160 Å². The Hall–Kier alpha value is -1.22. The number of nitrogens with zero attached hydrogens (tertiary/aromatic N) is 3. The lowest BCUT2D eigenvalue weighted by atomic mass is 9.89. The van der Waals surface area contributed by atoms with Crippen molar-refractivity contribution >= 4 is 35.6 Å². The van der Waals surface area contributed by atoms with Crippen LogP contribution in [0.15, 0.2) is 29.3 Å². The molecule has 2 N–H and O–H groups in total. The summed E-state index contributed by atoms with van der Waals surface area (Å²) in [6.07, 6.45) is 0. The number of ether oxygens (including phenoxy) is 1. The van der Waals surface area contributed by atoms with E-state index in [0.29, 0.717) is 5.75 Å². The quantitative estimate of drug-likeness (QED) is 0.421. The van der Waals surface area contributed by atoms with Gasteiger partial charge in [-0.1, -0.05) is 19.1 Å². The number of nitrogens with one attached hydrogen (secondary N) is 1. The molecule has 0 saturated carbocycles. The number of halogens is 1. The number of guanidine groups is 1. The Balaban J connectivity index is 0.00000208. The molecule has 1 aromatic rings. The number of aliphatic imine (C=N–C) groups is 1. The molecule has 1 aromatic carbocycles. The summed E-state index contributed by atoms with van der Waals surface area (Å²) in [7, 11) is 1.83. The summed E-state index contributed by atoms with van der Waals surface area (Å²) in [5.41, 5.74) is 1.14. The van der Waals surface area contributed by atoms with Gasteiger partial charge in [0.25, 0.3) is 0 Å². The first-order valence-corrected chi connectivity index (χ1v) is 8.18. The molecule has 0 amide bonds. The average Bonchev–Trinajstić information content (AvgIpc) is 2.55. The van der Waals surface area contributed by atoms with Crippen molar-refractivity contribution in [2.24, 2.45) is 10.4 Å². The van der Waals surface area contributed by atoms with E-state index in [1.165, 1.54) is 0 Å². The predicted molar refractivity (Wildman–Crippen MR) is 108 cm³/mol. The van der Waals surface area contributed by atoms with E-state index in [2.05, 4.69) is 27.0 Å². The number of hydrogen-bond acceptors (Lipinski definition) is 4. The van der Waals surface area contributed by atoms with Crippen LogP contribution in [-0.4, -0.2) is 69.0 Å². The summed E-state index contributed by atoms with van der Waals surface area (Å²) in [5, 5.41) is 13.5. The van der Waals surface area contributed by atoms with Crippen LogP contribution in [0.3, 0.4) is 0 Å². The standard InChI is InChI=1S/C17H26N4O2.HI/c1-17(12-23-13-17)11-19-16(18-2)21-9-7-20(8-10-21)14-5-3-4-6-15(14)22;/h3-6,22H,7-13H2,1-2H3,(H,18,19);1H. The molecule has 0 atom stereocenters. The van der Waals surface area contributed by atoms with Gasteiger partial charge in [0, 0.05) is 45.2 Å². The maximum atomic E-state index is 9.99. The highest BCUT2D eigenvalue weighted by Crippen LogP contribution is 2.27. The number of para-hydroxylation sites is 2. The fourth-order valence-electron chi connectivity index (χ4n) is 3.07. The first kappa shape index (κ1) is 19.1. The fraction of sp³-hybridized carbons (Fsp3) is 0.588. The lowest BCUT2D eigenvalue weighted by Gasteiger charge is -2.41. The van der Waals surface area contributed by atoms with Crippen LogP contribution >= 0.6 is 24.0 Å². The van der Waals surface area contributed by atoms with E-state index in [9.17, 15) is 5.11 Å². The topological polar surface area (TPSA) is 60.3 Å². The van der Waals surface area contributed by atoms with Crippen molar-refractivity contribution < 1.29 is 9.84 Å². The molecule has 0 aliphatic carbocycles. The van der Waals surface area contributed by atoms with E-state index in [1.54, 1.807) is 6.07 Å². The van der Waals surface area contributed by atoms with Crippen molar-refractivity contribution in [1.29, 1.82) is 0 Å². The third-order valence-corrected chi connectivity index (χ3v) is 4.59. The van der Waals surface area contributed by atoms with E-state index in [4.69, 9.17) is 4.74 Å². The van der Waals surface area contributed by atoms with Crippen LogP contribution in [0, 0.1) is 5.41 Å². The predicted octanol–water partition coefficient (Wildman–Crippen LogP) is 1.74. The number of phenolic OH excluding ortho intramolecular Hbond substituents is 1. The zero-order chi connectivity index (χ0) is 16.3. The van der Waals surface area contributed by atoms with Crippen LogP contribution in [0.2, 0.25) is 0 Å². The summed E-state index contributed by atoms with van der Waals surface area (Å²) in [6.45, 7) is 8.28. The molecule has 7 heteroatoms. The lowest BCUT2D eigenvalue weighted by Crippen LogP contribution is -2.56. The van der Waals surface area contributed by atoms with Gasteiger partial charge >= 0.3 is 0 Å². The van der Waals surface area contributed by atoms with Crippen LogP contribution in [0.5, 0.6) is 5.75 Å². The lowest BCUT2D eigenvalue weighted by molar-refractivity contribution is -0.0972. The fourth-order valence-corrected chi connectivity index (χ4v) is 3.07. The zero-order valence-corrected chi connectivity index (χ0v) is 16.7. The molecular formula is C17H27IN4O2. The van der Waals surface area contributed by atoms with Crippen molar-refractivity contribution in [2.75, 3.05) is 57.9 Å². The number of phenols is 1. The van der Waals surface area contributed by atoms with E-state index in [-0.39, 0.29) is 29.4 Å². The van der Waals surface area contributed by atoms with Crippen molar-refractivity contribution in [2.45, 2.75) is 6.92 Å². The largest absolute Gasteiger partial charge is 0.506 e. The minimum absolute atomic E-state index is 0. The highest BCUT2D eigenvalue weighted by atomic mass is 127. The Kier molecular flexibility index (Phi) is 6.56. The second kappa shape index (κ2) is 8.24. The maximum absolute atomic E-state index is 9.99. The third-order valence-electron chi connectivity index (χ3n) is 4.59. The SMILES string of the molecule is CN=C(NCC1(C)COC1)N1CCN(c2ccccc2O)CC1.I. The van der Waals surface area contributed by atoms with Gasteiger partial charge in [0.15, 0.2) is 5.96 Å². The van der Waals surface area contributed by atoms with E-state index in [0.717, 1.165) is 57.6 Å². The number of anilines is 1. The summed E-state index contributed by atoms with van der Waals surface area (Å²) in [6, 6.07) is 7.52. The van der Waals surface area contributed by atoms with Crippen molar-refractivity contribution in [3.63, 3.8) is 0 Å². The molecule has 0 unspecified atom stereocenters. The van der Waals surface area contributed by atoms with Gasteiger partial charge in [-0.05, 0) is 12.1 Å². The molecule has 2 saturated heterocycles. The van der Waals surface area contributed by atoms with Crippen LogP contribution in [0.1, 0.15) is 6.92 Å². The Morgan fingerprint density at radius 3 is 2.46 bits per heavy atom. The van der Waals surface area contributed by atoms with Gasteiger partial charge < -0.3 is 25.0 Å². The van der Waals surface area contributed by atoms with Crippen LogP contribution in [-0.2, 0) is 4.74 Å². The van der Waals surface area contributed by atoms with Crippen LogP contribution in [0.4, 0.5) is 5.69 Å². The average molecular weight is 446 g/mol. The normalized spacial score (nSPS) is 20.2. The summed E-state index contributed by atoms with van der Waals surface area (Å²) >= 11 is 0. The van der Waals surface area contributed by atoms with Crippen LogP contribution < -0.4 is 10.2 Å². The minimum Gasteiger partial charge on any atom is -0.506 e. The molecule has 6 nitrogen and oxygen atoms in total. The van der Waals surface area contributed by atoms with Gasteiger partial charge in [-0.2, -0.15) is 0 Å². The molecule has 134 valence electrons. The number of rotatable bonds is 3. The molecule has 0 radical (unpaired) electrons. The summed E-state index contributed by atoms with van der Waals surface area (Å²) in [5.74, 6) is 1.30. The Morgan fingerprint density at radius 2 is 1.92 bits per heavy atom. The number of aromatic hydroxyl groups is 1. The molecule has 0 aromatic heterocycles. The van der Waals surface area contributed by atoms with Gasteiger partial charge in [-0.15, -0.1) is 24.0 Å². The van der Waals surface area contributed by atoms with E-state index >= 15 is 0 Å². The monoisotopic (exact) mass is 446 g/mol. The number of hydrogen-bond donors (Lipinski definition) is 2. The third kappa shape index (κ3) is 4.24. The molecule has 0 spiro atoms. The Bertz CT molecular complexity index is 569. The second-order valence-corrected chi connectivity index (χ2v) is 6.67. The van der Waals surface area contributed by atoms with E-state index < -0.39 is 0 Å². The van der Waals surface area contributed by atoms with Gasteiger partial charge in [0.1, 0.15) is 5.75 Å². The minimum atomic E-state index is 0. The molecule has 2 aliphatic rings. The highest BCUT2D eigenvalue weighted by molar-refractivity contribution is 14.0. The zero-order valence-electron chi connectivity index (χ0n) is 14.4. The second-order valence-electron chi connectivity index (χ2n) is 6.67. The molecule has 2 fully saturated rings. The summed E-state index contributed by atoms with van der Waals surface area (Å²) < 4.78 is 5.30. The Morgan fingerprint density at radius 1 is 1.25 bits per heavy atom. The van der Waals surface area contributed by atoms with Gasteiger partial charge in [-0.25, -0.2) is 0 Å². The maximum Gasteiger partial charge on any atom is 0.193 e. The smallest absolute Gasteiger partial charge is 0.193 e. The molecule has 2 aliphatic heterocycles. The molecule has 0 bridgehead atoms. The van der Waals surface area contributed by atoms with Gasteiger partial charge in [0.05, 0.1) is 18.9 Å².